The number of hydrogen-bond donors (Lipinski definition) is 3. The first kappa shape index (κ1) is 22.3. The number of amides is 1. The standard InChI is InChI=1S/C23H18ClN5O3S/c1-31-21-11-19-15(10-16(21)22(25)30)20(6-8-27-19)32-14-4-5-18(17(24)9-14)29-23(33)28-13-3-2-7-26-12-13/h2-12H,1H3,(H2,25,30)(H2,28,29,33). The minimum absolute atomic E-state index is 0.232. The van der Waals surface area contributed by atoms with Gasteiger partial charge in [-0.2, -0.15) is 0 Å². The van der Waals surface area contributed by atoms with Crippen LogP contribution >= 0.6 is 23.8 Å². The monoisotopic (exact) mass is 479 g/mol. The van der Waals surface area contributed by atoms with E-state index in [0.717, 1.165) is 5.69 Å². The highest BCUT2D eigenvalue weighted by Gasteiger charge is 2.15. The van der Waals surface area contributed by atoms with Crippen molar-refractivity contribution in [3.63, 3.8) is 0 Å². The minimum Gasteiger partial charge on any atom is -0.496 e. The molecule has 0 aliphatic heterocycles. The van der Waals surface area contributed by atoms with Crippen molar-refractivity contribution < 1.29 is 14.3 Å². The number of nitrogens with one attached hydrogen (secondary N) is 2. The van der Waals surface area contributed by atoms with Gasteiger partial charge in [0.1, 0.15) is 17.2 Å². The van der Waals surface area contributed by atoms with E-state index in [2.05, 4.69) is 20.6 Å². The van der Waals surface area contributed by atoms with Gasteiger partial charge in [-0.3, -0.25) is 14.8 Å². The Morgan fingerprint density at radius 1 is 1.09 bits per heavy atom. The highest BCUT2D eigenvalue weighted by atomic mass is 35.5. The van der Waals surface area contributed by atoms with E-state index < -0.39 is 5.91 Å². The number of pyridine rings is 2. The molecule has 4 rings (SSSR count). The number of primary amides is 1. The average molecular weight is 480 g/mol. The molecule has 2 heterocycles. The molecule has 10 heteroatoms. The predicted molar refractivity (Wildman–Crippen MR) is 132 cm³/mol. The molecule has 0 bridgehead atoms. The summed E-state index contributed by atoms with van der Waals surface area (Å²) in [6.07, 6.45) is 4.93. The van der Waals surface area contributed by atoms with Crippen molar-refractivity contribution in [3.05, 3.63) is 77.7 Å². The lowest BCUT2D eigenvalue weighted by Gasteiger charge is -2.14. The Kier molecular flexibility index (Phi) is 6.53. The summed E-state index contributed by atoms with van der Waals surface area (Å²) < 4.78 is 11.3. The van der Waals surface area contributed by atoms with Crippen LogP contribution in [0, 0.1) is 0 Å². The maximum absolute atomic E-state index is 11.8. The zero-order valence-electron chi connectivity index (χ0n) is 17.3. The van der Waals surface area contributed by atoms with Gasteiger partial charge in [-0.05, 0) is 48.6 Å². The molecule has 2 aromatic carbocycles. The molecule has 0 radical (unpaired) electrons. The largest absolute Gasteiger partial charge is 0.496 e. The van der Waals surface area contributed by atoms with E-state index >= 15 is 0 Å². The molecule has 0 aliphatic rings. The normalized spacial score (nSPS) is 10.5. The molecule has 2 aromatic heterocycles. The van der Waals surface area contributed by atoms with E-state index in [4.69, 9.17) is 39.0 Å². The van der Waals surface area contributed by atoms with Crippen LogP contribution in [0.2, 0.25) is 5.02 Å². The Hall–Kier alpha value is -3.95. The van der Waals surface area contributed by atoms with E-state index in [-0.39, 0.29) is 5.56 Å². The molecule has 33 heavy (non-hydrogen) atoms. The van der Waals surface area contributed by atoms with Crippen molar-refractivity contribution in [2.45, 2.75) is 0 Å². The number of benzene rings is 2. The van der Waals surface area contributed by atoms with Crippen LogP contribution in [0.5, 0.6) is 17.2 Å². The number of nitrogens with zero attached hydrogens (tertiary/aromatic N) is 2. The number of carbonyl (C=O) groups excluding carboxylic acids is 1. The summed E-state index contributed by atoms with van der Waals surface area (Å²) in [5.41, 5.74) is 7.66. The summed E-state index contributed by atoms with van der Waals surface area (Å²) in [6, 6.07) is 13.7. The number of anilines is 2. The van der Waals surface area contributed by atoms with Gasteiger partial charge in [0.05, 0.1) is 40.8 Å². The number of methoxy groups -OCH3 is 1. The number of thiocarbonyl (C=S) groups is 1. The lowest BCUT2D eigenvalue weighted by molar-refractivity contribution is 0.0997. The van der Waals surface area contributed by atoms with E-state index in [1.807, 2.05) is 6.07 Å². The zero-order chi connectivity index (χ0) is 23.4. The number of fused-ring (bicyclic) bond motifs is 1. The van der Waals surface area contributed by atoms with Crippen molar-refractivity contribution in [1.29, 1.82) is 0 Å². The topological polar surface area (TPSA) is 111 Å². The summed E-state index contributed by atoms with van der Waals surface area (Å²) in [7, 11) is 1.46. The number of carbonyl (C=O) groups is 1. The highest BCUT2D eigenvalue weighted by molar-refractivity contribution is 7.80. The first-order valence-electron chi connectivity index (χ1n) is 9.66. The fourth-order valence-corrected chi connectivity index (χ4v) is 3.55. The van der Waals surface area contributed by atoms with Crippen LogP contribution in [0.1, 0.15) is 10.4 Å². The number of rotatable bonds is 6. The van der Waals surface area contributed by atoms with Gasteiger partial charge in [0.2, 0.25) is 0 Å². The number of hydrogen-bond acceptors (Lipinski definition) is 6. The van der Waals surface area contributed by atoms with Crippen LogP contribution < -0.4 is 25.8 Å². The van der Waals surface area contributed by atoms with E-state index in [1.54, 1.807) is 61.1 Å². The Bertz CT molecular complexity index is 1350. The third kappa shape index (κ3) is 5.11. The Morgan fingerprint density at radius 2 is 1.94 bits per heavy atom. The molecule has 0 saturated carbocycles. The molecule has 8 nitrogen and oxygen atoms in total. The molecule has 4 N–H and O–H groups in total. The minimum atomic E-state index is -0.613. The third-order valence-electron chi connectivity index (χ3n) is 4.62. The lowest BCUT2D eigenvalue weighted by atomic mass is 10.1. The summed E-state index contributed by atoms with van der Waals surface area (Å²) in [5, 5.41) is 7.45. The molecule has 0 atom stereocenters. The van der Waals surface area contributed by atoms with Gasteiger partial charge in [-0.15, -0.1) is 0 Å². The second kappa shape index (κ2) is 9.68. The summed E-state index contributed by atoms with van der Waals surface area (Å²) >= 11 is 11.8. The van der Waals surface area contributed by atoms with Gasteiger partial charge in [0, 0.05) is 29.9 Å². The number of aromatic nitrogens is 2. The van der Waals surface area contributed by atoms with Gasteiger partial charge in [0.15, 0.2) is 5.11 Å². The van der Waals surface area contributed by atoms with Gasteiger partial charge in [0.25, 0.3) is 5.91 Å². The second-order valence-electron chi connectivity index (χ2n) is 6.81. The van der Waals surface area contributed by atoms with Crippen LogP contribution in [-0.2, 0) is 0 Å². The SMILES string of the molecule is COc1cc2nccc(Oc3ccc(NC(=S)Nc4cccnc4)c(Cl)c3)c2cc1C(N)=O. The Morgan fingerprint density at radius 3 is 2.64 bits per heavy atom. The third-order valence-corrected chi connectivity index (χ3v) is 5.14. The first-order valence-corrected chi connectivity index (χ1v) is 10.4. The van der Waals surface area contributed by atoms with Crippen LogP contribution in [0.4, 0.5) is 11.4 Å². The summed E-state index contributed by atoms with van der Waals surface area (Å²) in [6.45, 7) is 0. The Balaban J connectivity index is 1.56. The number of halogens is 1. The molecular weight excluding hydrogens is 462 g/mol. The maximum Gasteiger partial charge on any atom is 0.252 e. The van der Waals surface area contributed by atoms with Crippen molar-refractivity contribution in [3.8, 4) is 17.2 Å². The van der Waals surface area contributed by atoms with Gasteiger partial charge >= 0.3 is 0 Å². The fourth-order valence-electron chi connectivity index (χ4n) is 3.11. The first-order chi connectivity index (χ1) is 15.9. The predicted octanol–water partition coefficient (Wildman–Crippen LogP) is 4.99. The molecule has 0 unspecified atom stereocenters. The molecule has 0 aliphatic carbocycles. The molecule has 4 aromatic rings. The van der Waals surface area contributed by atoms with E-state index in [0.29, 0.717) is 44.0 Å². The molecule has 166 valence electrons. The number of ether oxygens (including phenoxy) is 2. The van der Waals surface area contributed by atoms with Gasteiger partial charge < -0.3 is 25.8 Å². The quantitative estimate of drug-likeness (QED) is 0.331. The fraction of sp³-hybridized carbons (Fsp3) is 0.0435. The highest BCUT2D eigenvalue weighted by Crippen LogP contribution is 2.35. The molecule has 0 spiro atoms. The molecule has 0 fully saturated rings. The van der Waals surface area contributed by atoms with Crippen molar-refractivity contribution >= 4 is 57.1 Å². The molecule has 0 saturated heterocycles. The number of nitrogens with two attached hydrogens (primary N) is 1. The van der Waals surface area contributed by atoms with Crippen LogP contribution in [-0.4, -0.2) is 28.1 Å². The molecular formula is C23H18ClN5O3S. The zero-order valence-corrected chi connectivity index (χ0v) is 18.9. The lowest BCUT2D eigenvalue weighted by Crippen LogP contribution is -2.19. The van der Waals surface area contributed by atoms with Crippen molar-refractivity contribution in [2.75, 3.05) is 17.7 Å². The molecule has 1 amide bonds. The average Bonchev–Trinajstić information content (AvgIpc) is 2.80. The van der Waals surface area contributed by atoms with Crippen LogP contribution in [0.3, 0.4) is 0 Å². The van der Waals surface area contributed by atoms with Crippen LogP contribution in [0.25, 0.3) is 10.9 Å². The maximum atomic E-state index is 11.8. The van der Waals surface area contributed by atoms with Crippen LogP contribution in [0.15, 0.2) is 67.1 Å². The van der Waals surface area contributed by atoms with E-state index in [1.165, 1.54) is 7.11 Å². The van der Waals surface area contributed by atoms with Gasteiger partial charge in [-0.1, -0.05) is 11.6 Å². The second-order valence-corrected chi connectivity index (χ2v) is 7.62. The van der Waals surface area contributed by atoms with Gasteiger partial charge in [-0.25, -0.2) is 0 Å². The van der Waals surface area contributed by atoms with Crippen molar-refractivity contribution in [1.82, 2.24) is 9.97 Å². The summed E-state index contributed by atoms with van der Waals surface area (Å²) in [4.78, 5) is 20.2. The van der Waals surface area contributed by atoms with E-state index in [9.17, 15) is 4.79 Å². The smallest absolute Gasteiger partial charge is 0.252 e. The Labute approximate surface area is 199 Å². The van der Waals surface area contributed by atoms with Crippen molar-refractivity contribution in [2.24, 2.45) is 5.73 Å². The summed E-state index contributed by atoms with van der Waals surface area (Å²) in [5.74, 6) is 0.697.